The lowest BCUT2D eigenvalue weighted by Gasteiger charge is -2.23. The molecule has 0 bridgehead atoms. The summed E-state index contributed by atoms with van der Waals surface area (Å²) in [6.07, 6.45) is 3.81. The van der Waals surface area contributed by atoms with Gasteiger partial charge in [0.15, 0.2) is 0 Å². The molecule has 26 heavy (non-hydrogen) atoms. The van der Waals surface area contributed by atoms with Crippen LogP contribution in [0.4, 0.5) is 5.82 Å². The van der Waals surface area contributed by atoms with Gasteiger partial charge in [0.25, 0.3) is 5.56 Å². The van der Waals surface area contributed by atoms with Gasteiger partial charge in [0.2, 0.25) is 0 Å². The SMILES string of the molecule is Cc1ccc(-c2cc3nc[nH]c(=O)c3c(NC[C@H]3CCCNC3)n2)cc1. The van der Waals surface area contributed by atoms with Crippen LogP contribution in [0, 0.1) is 12.8 Å². The van der Waals surface area contributed by atoms with Crippen LogP contribution in [0.5, 0.6) is 0 Å². The summed E-state index contributed by atoms with van der Waals surface area (Å²) in [5.41, 5.74) is 3.53. The number of fused-ring (bicyclic) bond motifs is 1. The maximum absolute atomic E-state index is 12.4. The third-order valence-electron chi connectivity index (χ3n) is 4.93. The van der Waals surface area contributed by atoms with Gasteiger partial charge in [0.1, 0.15) is 11.2 Å². The first-order valence-electron chi connectivity index (χ1n) is 9.11. The van der Waals surface area contributed by atoms with Crippen LogP contribution in [-0.4, -0.2) is 34.6 Å². The number of nitrogens with zero attached hydrogens (tertiary/aromatic N) is 2. The maximum Gasteiger partial charge on any atom is 0.262 e. The van der Waals surface area contributed by atoms with E-state index in [1.165, 1.54) is 24.7 Å². The van der Waals surface area contributed by atoms with E-state index in [-0.39, 0.29) is 5.56 Å². The van der Waals surface area contributed by atoms with Crippen LogP contribution in [0.1, 0.15) is 18.4 Å². The summed E-state index contributed by atoms with van der Waals surface area (Å²) in [7, 11) is 0. The van der Waals surface area contributed by atoms with E-state index in [0.29, 0.717) is 22.6 Å². The minimum absolute atomic E-state index is 0.165. The highest BCUT2D eigenvalue weighted by molar-refractivity contribution is 5.91. The van der Waals surface area contributed by atoms with Gasteiger partial charge >= 0.3 is 0 Å². The molecule has 1 atom stereocenters. The minimum Gasteiger partial charge on any atom is -0.369 e. The monoisotopic (exact) mass is 349 g/mol. The van der Waals surface area contributed by atoms with Gasteiger partial charge in [0.05, 0.1) is 17.5 Å². The summed E-state index contributed by atoms with van der Waals surface area (Å²) in [6.45, 7) is 4.94. The third-order valence-corrected chi connectivity index (χ3v) is 4.93. The van der Waals surface area contributed by atoms with Crippen molar-refractivity contribution in [2.45, 2.75) is 19.8 Å². The topological polar surface area (TPSA) is 82.7 Å². The zero-order valence-electron chi connectivity index (χ0n) is 14.9. The van der Waals surface area contributed by atoms with Gasteiger partial charge < -0.3 is 15.6 Å². The minimum atomic E-state index is -0.165. The first kappa shape index (κ1) is 16.7. The highest BCUT2D eigenvalue weighted by Crippen LogP contribution is 2.25. The average molecular weight is 349 g/mol. The van der Waals surface area contributed by atoms with Crippen molar-refractivity contribution in [1.29, 1.82) is 0 Å². The number of nitrogens with one attached hydrogen (secondary N) is 3. The molecule has 3 aromatic rings. The fourth-order valence-corrected chi connectivity index (χ4v) is 3.43. The Bertz CT molecular complexity index is 958. The highest BCUT2D eigenvalue weighted by atomic mass is 16.1. The second-order valence-electron chi connectivity index (χ2n) is 6.94. The molecule has 0 aliphatic carbocycles. The van der Waals surface area contributed by atoms with Crippen LogP contribution in [0.15, 0.2) is 41.5 Å². The first-order valence-corrected chi connectivity index (χ1v) is 9.11. The van der Waals surface area contributed by atoms with Crippen molar-refractivity contribution in [3.8, 4) is 11.3 Å². The molecule has 0 spiro atoms. The molecule has 1 aliphatic rings. The molecule has 3 heterocycles. The van der Waals surface area contributed by atoms with Gasteiger partial charge in [0, 0.05) is 12.1 Å². The number of hydrogen-bond acceptors (Lipinski definition) is 5. The number of hydrogen-bond donors (Lipinski definition) is 3. The number of aryl methyl sites for hydroxylation is 1. The molecule has 4 rings (SSSR count). The maximum atomic E-state index is 12.4. The van der Waals surface area contributed by atoms with Gasteiger partial charge in [-0.3, -0.25) is 4.79 Å². The number of H-pyrrole nitrogens is 1. The Morgan fingerprint density at radius 2 is 2.12 bits per heavy atom. The van der Waals surface area contributed by atoms with E-state index >= 15 is 0 Å². The molecule has 1 fully saturated rings. The van der Waals surface area contributed by atoms with Crippen LogP contribution in [-0.2, 0) is 0 Å². The summed E-state index contributed by atoms with van der Waals surface area (Å²) < 4.78 is 0. The normalized spacial score (nSPS) is 17.3. The van der Waals surface area contributed by atoms with Crippen LogP contribution in [0.3, 0.4) is 0 Å². The number of benzene rings is 1. The number of piperidine rings is 1. The fraction of sp³-hybridized carbons (Fsp3) is 0.350. The highest BCUT2D eigenvalue weighted by Gasteiger charge is 2.16. The van der Waals surface area contributed by atoms with E-state index < -0.39 is 0 Å². The largest absolute Gasteiger partial charge is 0.369 e. The predicted molar refractivity (Wildman–Crippen MR) is 104 cm³/mol. The number of anilines is 1. The standard InChI is InChI=1S/C20H23N5O/c1-13-4-6-15(7-5-13)16-9-17-18(20(26)24-12-23-17)19(25-16)22-11-14-3-2-8-21-10-14/h4-7,9,12,14,21H,2-3,8,10-11H2,1H3,(H,22,25)(H,23,24,26)/t14-/m0/s1. The van der Waals surface area contributed by atoms with E-state index in [0.717, 1.165) is 30.9 Å². The van der Waals surface area contributed by atoms with E-state index in [4.69, 9.17) is 4.98 Å². The van der Waals surface area contributed by atoms with Gasteiger partial charge in [-0.05, 0) is 44.8 Å². The molecule has 2 aromatic heterocycles. The fourth-order valence-electron chi connectivity index (χ4n) is 3.43. The lowest BCUT2D eigenvalue weighted by Crippen LogP contribution is -2.33. The zero-order chi connectivity index (χ0) is 17.9. The molecule has 6 heteroatoms. The molecule has 134 valence electrons. The molecule has 0 radical (unpaired) electrons. The Labute approximate surface area is 152 Å². The van der Waals surface area contributed by atoms with Gasteiger partial charge in [-0.15, -0.1) is 0 Å². The molecular weight excluding hydrogens is 326 g/mol. The predicted octanol–water partition coefficient (Wildman–Crippen LogP) is 2.71. The molecule has 0 amide bonds. The van der Waals surface area contributed by atoms with Crippen molar-refractivity contribution < 1.29 is 0 Å². The van der Waals surface area contributed by atoms with Crippen molar-refractivity contribution in [2.24, 2.45) is 5.92 Å². The third kappa shape index (κ3) is 3.46. The van der Waals surface area contributed by atoms with Crippen molar-refractivity contribution >= 4 is 16.7 Å². The summed E-state index contributed by atoms with van der Waals surface area (Å²) in [6, 6.07) is 10.1. The lowest BCUT2D eigenvalue weighted by molar-refractivity contribution is 0.393. The molecule has 0 saturated carbocycles. The summed E-state index contributed by atoms with van der Waals surface area (Å²) >= 11 is 0. The first-order chi connectivity index (χ1) is 12.7. The van der Waals surface area contributed by atoms with Crippen molar-refractivity contribution in [3.05, 3.63) is 52.6 Å². The van der Waals surface area contributed by atoms with Crippen LogP contribution in [0.2, 0.25) is 0 Å². The van der Waals surface area contributed by atoms with Crippen LogP contribution in [0.25, 0.3) is 22.2 Å². The lowest BCUT2D eigenvalue weighted by atomic mass is 10.00. The van der Waals surface area contributed by atoms with Gasteiger partial charge in [-0.2, -0.15) is 0 Å². The molecule has 1 aliphatic heterocycles. The van der Waals surface area contributed by atoms with E-state index in [1.807, 2.05) is 18.2 Å². The zero-order valence-corrected chi connectivity index (χ0v) is 14.9. The smallest absolute Gasteiger partial charge is 0.262 e. The Morgan fingerprint density at radius 1 is 1.27 bits per heavy atom. The van der Waals surface area contributed by atoms with Gasteiger partial charge in [-0.25, -0.2) is 9.97 Å². The Hall–Kier alpha value is -2.73. The van der Waals surface area contributed by atoms with Gasteiger partial charge in [-0.1, -0.05) is 29.8 Å². The van der Waals surface area contributed by atoms with Crippen molar-refractivity contribution in [2.75, 3.05) is 25.0 Å². The van der Waals surface area contributed by atoms with E-state index in [2.05, 4.69) is 39.7 Å². The summed E-state index contributed by atoms with van der Waals surface area (Å²) in [4.78, 5) is 24.1. The van der Waals surface area contributed by atoms with Crippen molar-refractivity contribution in [3.63, 3.8) is 0 Å². The molecule has 0 unspecified atom stereocenters. The Morgan fingerprint density at radius 3 is 2.88 bits per heavy atom. The van der Waals surface area contributed by atoms with Crippen LogP contribution < -0.4 is 16.2 Å². The average Bonchev–Trinajstić information content (AvgIpc) is 2.67. The Kier molecular flexibility index (Phi) is 4.67. The number of pyridine rings is 1. The molecule has 6 nitrogen and oxygen atoms in total. The summed E-state index contributed by atoms with van der Waals surface area (Å²) in [5, 5.41) is 7.35. The van der Waals surface area contributed by atoms with Crippen molar-refractivity contribution in [1.82, 2.24) is 20.3 Å². The van der Waals surface area contributed by atoms with E-state index in [1.54, 1.807) is 0 Å². The molecule has 1 aromatic carbocycles. The molecule has 3 N–H and O–H groups in total. The molecular formula is C20H23N5O. The second-order valence-corrected chi connectivity index (χ2v) is 6.94. The van der Waals surface area contributed by atoms with E-state index in [9.17, 15) is 4.79 Å². The quantitative estimate of drug-likeness (QED) is 0.675. The number of aromatic nitrogens is 3. The number of rotatable bonds is 4. The summed E-state index contributed by atoms with van der Waals surface area (Å²) in [5.74, 6) is 1.15. The van der Waals surface area contributed by atoms with Crippen LogP contribution >= 0.6 is 0 Å². The number of aromatic amines is 1. The Balaban J connectivity index is 1.73. The molecule has 1 saturated heterocycles. The second kappa shape index (κ2) is 7.25.